The van der Waals surface area contributed by atoms with Crippen molar-refractivity contribution in [3.05, 3.63) is 11.6 Å². The molecule has 4 aliphatic carbocycles. The Morgan fingerprint density at radius 1 is 1.19 bits per heavy atom. The van der Waals surface area contributed by atoms with Crippen molar-refractivity contribution in [3.8, 4) is 0 Å². The number of hydrogen-bond donors (Lipinski definition) is 0. The summed E-state index contributed by atoms with van der Waals surface area (Å²) in [6.07, 6.45) is 15.4. The molecule has 0 aromatic rings. The van der Waals surface area contributed by atoms with E-state index in [1.165, 1.54) is 51.4 Å². The van der Waals surface area contributed by atoms with Crippen molar-refractivity contribution in [2.45, 2.75) is 91.6 Å². The largest absolute Gasteiger partial charge is 0 e. The van der Waals surface area contributed by atoms with Crippen molar-refractivity contribution in [2.24, 2.45) is 40.4 Å². The fourth-order valence-corrected chi connectivity index (χ4v) is 8.76. The van der Waals surface area contributed by atoms with Crippen molar-refractivity contribution in [3.63, 3.8) is 0 Å². The van der Waals surface area contributed by atoms with Crippen molar-refractivity contribution < 1.29 is 4.18 Å². The van der Waals surface area contributed by atoms with Crippen LogP contribution in [-0.2, 0) is 15.2 Å². The fourth-order valence-electron chi connectivity index (χ4n) is 8.04. The molecule has 8 atom stereocenters. The van der Waals surface area contributed by atoms with Gasteiger partial charge in [-0.3, -0.25) is 0 Å². The molecule has 4 heteroatoms. The normalized spacial score (nSPS) is 47.1. The SMILES string of the molecule is CC[C@@H](C)[C@H]1CC[C@H]2[C@@H]3CC=C4C[C@@H](O[SH-]#P)CC[C@]4(C)[C@H]3CC[C@]12C.[Tl]. The molecule has 0 saturated heterocycles. The minimum atomic E-state index is 0. The van der Waals surface area contributed by atoms with Crippen molar-refractivity contribution in [1.82, 2.24) is 0 Å². The van der Waals surface area contributed by atoms with Crippen LogP contribution >= 0.6 is 7.81 Å². The second-order valence-corrected chi connectivity index (χ2v) is 11.3. The molecule has 1 nitrogen and oxygen atoms in total. The molecule has 3 saturated carbocycles. The third-order valence-electron chi connectivity index (χ3n) is 9.66. The van der Waals surface area contributed by atoms with Gasteiger partial charge in [0.15, 0.2) is 0 Å². The van der Waals surface area contributed by atoms with Crippen LogP contribution in [0.4, 0.5) is 0 Å². The van der Waals surface area contributed by atoms with E-state index >= 15 is 0 Å². The summed E-state index contributed by atoms with van der Waals surface area (Å²) in [6.45, 7) is 10.2. The van der Waals surface area contributed by atoms with Crippen LogP contribution in [0.2, 0.25) is 0 Å². The quantitative estimate of drug-likeness (QED) is 0.116. The maximum Gasteiger partial charge on any atom is 0 e. The molecular weight excluding hydrogens is 560 g/mol. The summed E-state index contributed by atoms with van der Waals surface area (Å²) in [4.78, 5) is 0. The zero-order valence-electron chi connectivity index (χ0n) is 17.8. The van der Waals surface area contributed by atoms with E-state index in [2.05, 4.69) is 41.6 Å². The predicted octanol–water partition coefficient (Wildman–Crippen LogP) is 6.67. The molecule has 27 heavy (non-hydrogen) atoms. The molecule has 0 amide bonds. The van der Waals surface area contributed by atoms with Gasteiger partial charge >= 0.3 is 146 Å². The van der Waals surface area contributed by atoms with E-state index in [9.17, 15) is 0 Å². The standard InChI is InChI=1S/C23H38OPS.Tl/c1-5-15(2)19-8-9-20-18-7-6-16-14-17(24-26-25)10-12-22(16,3)21(18)11-13-23(19,20)4;/h6,15,17-21,26H,5,7-14H2,1-4H3;/q-1;/t15-,17+,18+,19-,20+,21+,22+,23-;/m1./s1. The molecule has 151 valence electrons. The Labute approximate surface area is 193 Å². The average Bonchev–Trinajstić information content (AvgIpc) is 2.99. The van der Waals surface area contributed by atoms with Crippen molar-refractivity contribution >= 4 is 46.1 Å². The van der Waals surface area contributed by atoms with Crippen LogP contribution in [-0.4, -0.2) is 33.4 Å². The van der Waals surface area contributed by atoms with E-state index in [0.717, 1.165) is 47.0 Å². The monoisotopic (exact) mass is 598 g/mol. The smallest absolute Gasteiger partial charge is 0 e. The minimum Gasteiger partial charge on any atom is 0 e. The summed E-state index contributed by atoms with van der Waals surface area (Å²) < 4.78 is 5.85. The number of hydrogen-bond acceptors (Lipinski definition) is 2. The van der Waals surface area contributed by atoms with Gasteiger partial charge in [0.1, 0.15) is 0 Å². The molecule has 0 bridgehead atoms. The molecule has 0 spiro atoms. The summed E-state index contributed by atoms with van der Waals surface area (Å²) >= 11 is 0.796. The van der Waals surface area contributed by atoms with Crippen LogP contribution in [0.1, 0.15) is 85.5 Å². The van der Waals surface area contributed by atoms with E-state index in [-0.39, 0.29) is 27.3 Å². The van der Waals surface area contributed by atoms with Gasteiger partial charge in [-0.25, -0.2) is 0 Å². The topological polar surface area (TPSA) is 9.23 Å². The second-order valence-electron chi connectivity index (χ2n) is 10.4. The Morgan fingerprint density at radius 3 is 2.67 bits per heavy atom. The van der Waals surface area contributed by atoms with Gasteiger partial charge in [0.2, 0.25) is 0 Å². The minimum absolute atomic E-state index is 0. The Hall–Kier alpha value is 1.40. The zero-order chi connectivity index (χ0) is 18.5. The van der Waals surface area contributed by atoms with Gasteiger partial charge in [-0.1, -0.05) is 20.3 Å². The summed E-state index contributed by atoms with van der Waals surface area (Å²) in [7, 11) is 4.26. The van der Waals surface area contributed by atoms with E-state index < -0.39 is 0 Å². The first-order chi connectivity index (χ1) is 12.4. The van der Waals surface area contributed by atoms with Gasteiger partial charge in [0.05, 0.1) is 0 Å². The van der Waals surface area contributed by atoms with E-state index in [1.807, 2.05) is 0 Å². The molecule has 0 aromatic heterocycles. The van der Waals surface area contributed by atoms with Gasteiger partial charge in [-0.2, -0.15) is 0 Å². The second kappa shape index (κ2) is 8.87. The van der Waals surface area contributed by atoms with E-state index in [4.69, 9.17) is 4.18 Å². The molecule has 0 heterocycles. The molecule has 1 radical (unpaired) electrons. The van der Waals surface area contributed by atoms with Crippen molar-refractivity contribution in [1.29, 1.82) is 0 Å². The number of allylic oxidation sites excluding steroid dienone is 1. The number of fused-ring (bicyclic) bond motifs is 5. The molecule has 0 N–H and O–H groups in total. The maximum absolute atomic E-state index is 5.85. The van der Waals surface area contributed by atoms with Crippen LogP contribution in [0.3, 0.4) is 0 Å². The maximum atomic E-state index is 5.85. The molecule has 0 aromatic carbocycles. The molecule has 3 fully saturated rings. The predicted molar refractivity (Wildman–Crippen MR) is 121 cm³/mol. The molecule has 4 aliphatic rings. The van der Waals surface area contributed by atoms with E-state index in [0.29, 0.717) is 16.9 Å². The zero-order valence-corrected chi connectivity index (χ0v) is 24.1. The first-order valence-corrected chi connectivity index (χ1v) is 13.1. The summed E-state index contributed by atoms with van der Waals surface area (Å²) in [5.74, 6) is 4.71. The van der Waals surface area contributed by atoms with Crippen LogP contribution in [0.15, 0.2) is 11.6 Å². The van der Waals surface area contributed by atoms with Crippen molar-refractivity contribution in [2.75, 3.05) is 0 Å². The third kappa shape index (κ3) is 3.78. The van der Waals surface area contributed by atoms with E-state index in [1.54, 1.807) is 5.57 Å². The Balaban J connectivity index is 0.00000210. The molecular formula is C23H38OPSTl-. The Morgan fingerprint density at radius 2 is 1.96 bits per heavy atom. The molecule has 4 rings (SSSR count). The van der Waals surface area contributed by atoms with Crippen LogP contribution < -0.4 is 0 Å². The van der Waals surface area contributed by atoms with Crippen LogP contribution in [0.5, 0.6) is 0 Å². The number of thiol groups is 1. The summed E-state index contributed by atoms with van der Waals surface area (Å²) in [5.41, 5.74) is 2.79. The van der Waals surface area contributed by atoms with Gasteiger partial charge < -0.3 is 0 Å². The Kier molecular flexibility index (Phi) is 7.58. The van der Waals surface area contributed by atoms with Crippen LogP contribution in [0, 0.1) is 40.4 Å². The van der Waals surface area contributed by atoms with Gasteiger partial charge in [0.25, 0.3) is 0 Å². The first-order valence-electron chi connectivity index (χ1n) is 11.1. The molecule has 0 unspecified atom stereocenters. The summed E-state index contributed by atoms with van der Waals surface area (Å²) in [6, 6.07) is 0. The average molecular weight is 598 g/mol. The first kappa shape index (κ1) is 23.1. The van der Waals surface area contributed by atoms with Crippen LogP contribution in [0.25, 0.3) is 0 Å². The molecule has 0 aliphatic heterocycles. The van der Waals surface area contributed by atoms with Gasteiger partial charge in [0, 0.05) is 27.3 Å². The number of rotatable bonds is 3. The summed E-state index contributed by atoms with van der Waals surface area (Å²) in [5, 5.41) is 0. The fraction of sp³-hybridized carbons (Fsp3) is 0.913. The third-order valence-corrected chi connectivity index (χ3v) is 10.3. The van der Waals surface area contributed by atoms with Gasteiger partial charge in [-0.15, -0.1) is 0 Å². The Bertz CT molecular complexity index is 630. The van der Waals surface area contributed by atoms with Gasteiger partial charge in [-0.05, 0) is 0 Å².